The van der Waals surface area contributed by atoms with Crippen LogP contribution in [0.3, 0.4) is 0 Å². The first-order valence-corrected chi connectivity index (χ1v) is 8.77. The normalized spacial score (nSPS) is 11.2. The van der Waals surface area contributed by atoms with Crippen molar-refractivity contribution in [2.75, 3.05) is 10.6 Å². The van der Waals surface area contributed by atoms with E-state index in [0.29, 0.717) is 12.5 Å². The number of hydrogen-bond donors (Lipinski definition) is 2. The first-order chi connectivity index (χ1) is 12.4. The fourth-order valence-electron chi connectivity index (χ4n) is 2.58. The first-order valence-electron chi connectivity index (χ1n) is 8.77. The molecule has 2 N–H and O–H groups in total. The van der Waals surface area contributed by atoms with Crippen molar-refractivity contribution >= 4 is 17.5 Å². The van der Waals surface area contributed by atoms with Gasteiger partial charge < -0.3 is 10.6 Å². The summed E-state index contributed by atoms with van der Waals surface area (Å²) in [4.78, 5) is 13.3. The number of aromatic nitrogens is 3. The summed E-state index contributed by atoms with van der Waals surface area (Å²) in [5.74, 6) is 1.36. The Morgan fingerprint density at radius 3 is 2.38 bits per heavy atom. The maximum absolute atomic E-state index is 4.55. The quantitative estimate of drug-likeness (QED) is 0.692. The molecule has 134 valence electrons. The highest BCUT2D eigenvalue weighted by Gasteiger charge is 2.13. The van der Waals surface area contributed by atoms with Crippen molar-refractivity contribution in [3.05, 3.63) is 71.7 Å². The van der Waals surface area contributed by atoms with Gasteiger partial charge in [-0.3, -0.25) is 4.98 Å². The maximum atomic E-state index is 4.55. The van der Waals surface area contributed by atoms with Crippen molar-refractivity contribution in [1.29, 1.82) is 0 Å². The van der Waals surface area contributed by atoms with E-state index in [1.165, 1.54) is 5.56 Å². The van der Waals surface area contributed by atoms with Gasteiger partial charge in [-0.1, -0.05) is 39.0 Å². The lowest BCUT2D eigenvalue weighted by Crippen LogP contribution is -2.10. The van der Waals surface area contributed by atoms with Crippen LogP contribution in [0.4, 0.5) is 17.5 Å². The number of pyridine rings is 1. The third-order valence-electron chi connectivity index (χ3n) is 4.04. The molecule has 0 aliphatic carbocycles. The number of nitrogens with one attached hydrogen (secondary N) is 2. The maximum Gasteiger partial charge on any atom is 0.229 e. The Labute approximate surface area is 154 Å². The van der Waals surface area contributed by atoms with Gasteiger partial charge in [-0.05, 0) is 42.2 Å². The van der Waals surface area contributed by atoms with E-state index in [2.05, 4.69) is 70.6 Å². The molecule has 2 aromatic heterocycles. The standard InChI is InChI=1S/C21H25N5/c1-15-13-19(23-14-18-7-5-6-12-22-18)26-20(24-15)25-17-10-8-16(9-11-17)21(2,3)4/h5-13H,14H2,1-4H3,(H2,23,24,25,26). The monoisotopic (exact) mass is 347 g/mol. The lowest BCUT2D eigenvalue weighted by Gasteiger charge is -2.19. The van der Waals surface area contributed by atoms with Crippen LogP contribution in [-0.4, -0.2) is 15.0 Å². The average molecular weight is 347 g/mol. The summed E-state index contributed by atoms with van der Waals surface area (Å²) in [6.45, 7) is 9.20. The van der Waals surface area contributed by atoms with Crippen LogP contribution < -0.4 is 10.6 Å². The van der Waals surface area contributed by atoms with Crippen LogP contribution in [0.5, 0.6) is 0 Å². The predicted molar refractivity (Wildman–Crippen MR) is 107 cm³/mol. The largest absolute Gasteiger partial charge is 0.364 e. The van der Waals surface area contributed by atoms with Crippen LogP contribution in [0.1, 0.15) is 37.7 Å². The van der Waals surface area contributed by atoms with Gasteiger partial charge in [-0.2, -0.15) is 4.98 Å². The molecule has 0 aliphatic rings. The lowest BCUT2D eigenvalue weighted by molar-refractivity contribution is 0.590. The van der Waals surface area contributed by atoms with Crippen LogP contribution in [0.25, 0.3) is 0 Å². The molecule has 3 aromatic rings. The van der Waals surface area contributed by atoms with E-state index in [1.54, 1.807) is 6.20 Å². The lowest BCUT2D eigenvalue weighted by atomic mass is 9.87. The van der Waals surface area contributed by atoms with Crippen molar-refractivity contribution < 1.29 is 0 Å². The van der Waals surface area contributed by atoms with Gasteiger partial charge in [0.15, 0.2) is 0 Å². The third-order valence-corrected chi connectivity index (χ3v) is 4.04. The highest BCUT2D eigenvalue weighted by Crippen LogP contribution is 2.24. The Hall–Kier alpha value is -2.95. The molecule has 5 nitrogen and oxygen atoms in total. The Morgan fingerprint density at radius 1 is 0.962 bits per heavy atom. The predicted octanol–water partition coefficient (Wildman–Crippen LogP) is 4.83. The molecule has 0 saturated carbocycles. The summed E-state index contributed by atoms with van der Waals surface area (Å²) >= 11 is 0. The van der Waals surface area contributed by atoms with Gasteiger partial charge in [-0.15, -0.1) is 0 Å². The van der Waals surface area contributed by atoms with E-state index in [1.807, 2.05) is 31.2 Å². The molecule has 0 saturated heterocycles. The fraction of sp³-hybridized carbons (Fsp3) is 0.286. The topological polar surface area (TPSA) is 62.7 Å². The van der Waals surface area contributed by atoms with E-state index in [9.17, 15) is 0 Å². The molecule has 0 spiro atoms. The van der Waals surface area contributed by atoms with Crippen LogP contribution in [0.2, 0.25) is 0 Å². The summed E-state index contributed by atoms with van der Waals surface area (Å²) < 4.78 is 0. The van der Waals surface area contributed by atoms with Crippen molar-refractivity contribution in [3.8, 4) is 0 Å². The highest BCUT2D eigenvalue weighted by atomic mass is 15.1. The molecule has 1 aromatic carbocycles. The van der Waals surface area contributed by atoms with Crippen LogP contribution in [0.15, 0.2) is 54.7 Å². The Morgan fingerprint density at radius 2 is 1.73 bits per heavy atom. The summed E-state index contributed by atoms with van der Waals surface area (Å²) in [5, 5.41) is 6.59. The number of nitrogens with zero attached hydrogens (tertiary/aromatic N) is 3. The number of benzene rings is 1. The van der Waals surface area contributed by atoms with Gasteiger partial charge in [-0.25, -0.2) is 4.98 Å². The van der Waals surface area contributed by atoms with Gasteiger partial charge in [0.2, 0.25) is 5.95 Å². The minimum Gasteiger partial charge on any atom is -0.364 e. The second-order valence-electron chi connectivity index (χ2n) is 7.35. The minimum absolute atomic E-state index is 0.140. The van der Waals surface area contributed by atoms with E-state index in [4.69, 9.17) is 0 Å². The molecule has 0 aliphatic heterocycles. The molecule has 26 heavy (non-hydrogen) atoms. The number of hydrogen-bond acceptors (Lipinski definition) is 5. The zero-order chi connectivity index (χ0) is 18.6. The molecule has 3 rings (SSSR count). The van der Waals surface area contributed by atoms with E-state index in [-0.39, 0.29) is 5.41 Å². The van der Waals surface area contributed by atoms with Gasteiger partial charge in [0, 0.05) is 23.6 Å². The van der Waals surface area contributed by atoms with Crippen molar-refractivity contribution in [2.45, 2.75) is 39.7 Å². The summed E-state index contributed by atoms with van der Waals surface area (Å²) in [6, 6.07) is 16.2. The molecule has 0 unspecified atom stereocenters. The average Bonchev–Trinajstić information content (AvgIpc) is 2.60. The Kier molecular flexibility index (Phi) is 5.16. The van der Waals surface area contributed by atoms with E-state index < -0.39 is 0 Å². The Bertz CT molecular complexity index is 852. The minimum atomic E-state index is 0.140. The number of rotatable bonds is 5. The van der Waals surface area contributed by atoms with E-state index >= 15 is 0 Å². The molecule has 5 heteroatoms. The third kappa shape index (κ3) is 4.79. The van der Waals surface area contributed by atoms with Gasteiger partial charge in [0.05, 0.1) is 12.2 Å². The number of anilines is 3. The smallest absolute Gasteiger partial charge is 0.229 e. The van der Waals surface area contributed by atoms with Crippen LogP contribution >= 0.6 is 0 Å². The molecule has 0 radical (unpaired) electrons. The summed E-state index contributed by atoms with van der Waals surface area (Å²) in [7, 11) is 0. The molecule has 0 bridgehead atoms. The molecule has 0 atom stereocenters. The highest BCUT2D eigenvalue weighted by molar-refractivity contribution is 5.56. The summed E-state index contributed by atoms with van der Waals surface area (Å²) in [6.07, 6.45) is 1.79. The fourth-order valence-corrected chi connectivity index (χ4v) is 2.58. The Balaban J connectivity index is 1.71. The first kappa shape index (κ1) is 17.9. The second kappa shape index (κ2) is 7.52. The SMILES string of the molecule is Cc1cc(NCc2ccccn2)nc(Nc2ccc(C(C)(C)C)cc2)n1. The van der Waals surface area contributed by atoms with Gasteiger partial charge in [0.25, 0.3) is 0 Å². The molecule has 0 amide bonds. The zero-order valence-electron chi connectivity index (χ0n) is 15.7. The van der Waals surface area contributed by atoms with Crippen molar-refractivity contribution in [3.63, 3.8) is 0 Å². The molecule has 2 heterocycles. The molecular weight excluding hydrogens is 322 g/mol. The summed E-state index contributed by atoms with van der Waals surface area (Å²) in [5.41, 5.74) is 4.28. The van der Waals surface area contributed by atoms with Crippen LogP contribution in [0, 0.1) is 6.92 Å². The zero-order valence-corrected chi connectivity index (χ0v) is 15.7. The van der Waals surface area contributed by atoms with E-state index in [0.717, 1.165) is 22.9 Å². The van der Waals surface area contributed by atoms with Crippen molar-refractivity contribution in [1.82, 2.24) is 15.0 Å². The molecular formula is C21H25N5. The van der Waals surface area contributed by atoms with Gasteiger partial charge in [0.1, 0.15) is 5.82 Å². The molecule has 0 fully saturated rings. The van der Waals surface area contributed by atoms with Crippen molar-refractivity contribution in [2.24, 2.45) is 0 Å². The second-order valence-corrected chi connectivity index (χ2v) is 7.35. The van der Waals surface area contributed by atoms with Gasteiger partial charge >= 0.3 is 0 Å². The number of aryl methyl sites for hydroxylation is 1. The van der Waals surface area contributed by atoms with Crippen LogP contribution in [-0.2, 0) is 12.0 Å².